The minimum absolute atomic E-state index is 0.0675. The van der Waals surface area contributed by atoms with E-state index in [1.165, 1.54) is 40.5 Å². The Labute approximate surface area is 214 Å². The monoisotopic (exact) mass is 510 g/mol. The molecule has 0 fully saturated rings. The molecule has 0 bridgehead atoms. The van der Waals surface area contributed by atoms with E-state index in [1.54, 1.807) is 11.6 Å². The van der Waals surface area contributed by atoms with Gasteiger partial charge in [-0.2, -0.15) is 0 Å². The summed E-state index contributed by atoms with van der Waals surface area (Å²) >= 11 is 1.29. The number of anilines is 1. The molecule has 3 amide bonds. The van der Waals surface area contributed by atoms with Crippen molar-refractivity contribution >= 4 is 34.2 Å². The summed E-state index contributed by atoms with van der Waals surface area (Å²) < 4.78 is 13.7. The van der Waals surface area contributed by atoms with E-state index in [2.05, 4.69) is 15.6 Å². The number of carbonyl (C=O) groups excluding carboxylic acids is 3. The largest absolute Gasteiger partial charge is 0.349 e. The number of carbonyl (C=O) groups is 3. The molecule has 0 unspecified atom stereocenters. The molecule has 190 valence electrons. The molecule has 0 aliphatic heterocycles. The Kier molecular flexibility index (Phi) is 9.30. The van der Waals surface area contributed by atoms with E-state index in [0.29, 0.717) is 17.1 Å². The van der Waals surface area contributed by atoms with E-state index >= 15 is 0 Å². The second-order valence-electron chi connectivity index (χ2n) is 9.07. The molecule has 0 aliphatic carbocycles. The van der Waals surface area contributed by atoms with Gasteiger partial charge >= 0.3 is 0 Å². The van der Waals surface area contributed by atoms with Gasteiger partial charge in [-0.3, -0.25) is 14.4 Å². The van der Waals surface area contributed by atoms with E-state index in [1.807, 2.05) is 51.1 Å². The lowest BCUT2D eigenvalue weighted by atomic mass is 9.98. The highest BCUT2D eigenvalue weighted by atomic mass is 32.1. The Balaban J connectivity index is 1.90. The van der Waals surface area contributed by atoms with Crippen LogP contribution in [0.5, 0.6) is 0 Å². The number of nitrogens with one attached hydrogen (secondary N) is 2. The van der Waals surface area contributed by atoms with Gasteiger partial charge in [-0.05, 0) is 43.5 Å². The Morgan fingerprint density at radius 2 is 1.75 bits per heavy atom. The zero-order chi connectivity index (χ0) is 26.1. The number of nitrogens with zero attached hydrogens (tertiary/aromatic N) is 2. The topological polar surface area (TPSA) is 91.4 Å². The predicted molar refractivity (Wildman–Crippen MR) is 139 cm³/mol. The van der Waals surface area contributed by atoms with Crippen LogP contribution in [0.2, 0.25) is 0 Å². The fourth-order valence-electron chi connectivity index (χ4n) is 3.54. The standard InChI is InChI=1S/C27H31FN4O3S/c1-4-27(2,3)31-25(35)24(20-10-12-21(28)13-11-20)32(18-19-8-6-5-7-9-19)23(34)15-14-22(33)30-26-29-16-17-36-26/h5-13,16-17,24H,4,14-15,18H2,1-3H3,(H,31,35)(H,29,30,33)/t24-/m0/s1. The zero-order valence-corrected chi connectivity index (χ0v) is 21.5. The van der Waals surface area contributed by atoms with Gasteiger partial charge in [-0.1, -0.05) is 49.4 Å². The number of aromatic nitrogens is 1. The van der Waals surface area contributed by atoms with Crippen LogP contribution in [-0.4, -0.2) is 33.1 Å². The van der Waals surface area contributed by atoms with Gasteiger partial charge in [-0.25, -0.2) is 9.37 Å². The van der Waals surface area contributed by atoms with Crippen molar-refractivity contribution < 1.29 is 18.8 Å². The first kappa shape index (κ1) is 27.0. The van der Waals surface area contributed by atoms with Gasteiger partial charge in [0, 0.05) is 36.5 Å². The lowest BCUT2D eigenvalue weighted by Crippen LogP contribution is -2.50. The van der Waals surface area contributed by atoms with Gasteiger partial charge in [0.15, 0.2) is 5.13 Å². The molecular weight excluding hydrogens is 479 g/mol. The zero-order valence-electron chi connectivity index (χ0n) is 20.7. The molecule has 1 heterocycles. The third kappa shape index (κ3) is 7.71. The summed E-state index contributed by atoms with van der Waals surface area (Å²) in [5, 5.41) is 7.89. The van der Waals surface area contributed by atoms with Crippen molar-refractivity contribution in [3.8, 4) is 0 Å². The smallest absolute Gasteiger partial charge is 0.247 e. The molecule has 9 heteroatoms. The summed E-state index contributed by atoms with van der Waals surface area (Å²) in [6, 6.07) is 13.9. The van der Waals surface area contributed by atoms with Crippen LogP contribution in [0.4, 0.5) is 9.52 Å². The van der Waals surface area contributed by atoms with Gasteiger partial charge in [-0.15, -0.1) is 11.3 Å². The van der Waals surface area contributed by atoms with Crippen molar-refractivity contribution in [2.45, 2.75) is 58.2 Å². The van der Waals surface area contributed by atoms with Crippen molar-refractivity contribution in [1.29, 1.82) is 0 Å². The van der Waals surface area contributed by atoms with E-state index in [-0.39, 0.29) is 37.1 Å². The number of benzene rings is 2. The maximum absolute atomic E-state index is 13.7. The van der Waals surface area contributed by atoms with Gasteiger partial charge in [0.2, 0.25) is 17.7 Å². The van der Waals surface area contributed by atoms with Crippen molar-refractivity contribution in [3.63, 3.8) is 0 Å². The molecule has 7 nitrogen and oxygen atoms in total. The SMILES string of the molecule is CCC(C)(C)NC(=O)[C@H](c1ccc(F)cc1)N(Cc1ccccc1)C(=O)CCC(=O)Nc1nccs1. The highest BCUT2D eigenvalue weighted by Crippen LogP contribution is 2.27. The molecule has 0 saturated carbocycles. The summed E-state index contributed by atoms with van der Waals surface area (Å²) in [5.74, 6) is -1.52. The molecule has 0 spiro atoms. The molecule has 36 heavy (non-hydrogen) atoms. The number of thiazole rings is 1. The van der Waals surface area contributed by atoms with Crippen LogP contribution in [0.25, 0.3) is 0 Å². The number of amides is 3. The van der Waals surface area contributed by atoms with Crippen LogP contribution >= 0.6 is 11.3 Å². The normalized spacial score (nSPS) is 12.0. The van der Waals surface area contributed by atoms with Crippen molar-refractivity contribution in [3.05, 3.63) is 83.1 Å². The van der Waals surface area contributed by atoms with Gasteiger partial charge < -0.3 is 15.5 Å². The van der Waals surface area contributed by atoms with Crippen LogP contribution in [0.15, 0.2) is 66.2 Å². The van der Waals surface area contributed by atoms with Crippen LogP contribution in [-0.2, 0) is 20.9 Å². The van der Waals surface area contributed by atoms with E-state index in [4.69, 9.17) is 0 Å². The third-order valence-electron chi connectivity index (χ3n) is 5.85. The van der Waals surface area contributed by atoms with Crippen LogP contribution < -0.4 is 10.6 Å². The molecule has 0 saturated heterocycles. The third-order valence-corrected chi connectivity index (χ3v) is 6.54. The van der Waals surface area contributed by atoms with Crippen molar-refractivity contribution in [2.75, 3.05) is 5.32 Å². The fraction of sp³-hybridized carbons (Fsp3) is 0.333. The quantitative estimate of drug-likeness (QED) is 0.377. The first-order chi connectivity index (χ1) is 17.2. The lowest BCUT2D eigenvalue weighted by molar-refractivity contribution is -0.142. The second kappa shape index (κ2) is 12.4. The molecule has 1 atom stereocenters. The maximum Gasteiger partial charge on any atom is 0.247 e. The maximum atomic E-state index is 13.7. The predicted octanol–water partition coefficient (Wildman–Crippen LogP) is 5.08. The molecule has 1 aromatic heterocycles. The van der Waals surface area contributed by atoms with Crippen molar-refractivity contribution in [2.24, 2.45) is 0 Å². The van der Waals surface area contributed by atoms with Crippen LogP contribution in [0.3, 0.4) is 0 Å². The Morgan fingerprint density at radius 1 is 1.06 bits per heavy atom. The van der Waals surface area contributed by atoms with Crippen LogP contribution in [0, 0.1) is 5.82 Å². The summed E-state index contributed by atoms with van der Waals surface area (Å²) in [6.45, 7) is 5.91. The average Bonchev–Trinajstić information content (AvgIpc) is 3.36. The molecular formula is C27H31FN4O3S. The minimum atomic E-state index is -1.01. The van der Waals surface area contributed by atoms with Gasteiger partial charge in [0.25, 0.3) is 0 Å². The molecule has 0 radical (unpaired) electrons. The fourth-order valence-corrected chi connectivity index (χ4v) is 4.09. The first-order valence-electron chi connectivity index (χ1n) is 11.8. The highest BCUT2D eigenvalue weighted by Gasteiger charge is 2.34. The number of halogens is 1. The van der Waals surface area contributed by atoms with Gasteiger partial charge in [0.05, 0.1) is 0 Å². The Morgan fingerprint density at radius 3 is 2.36 bits per heavy atom. The van der Waals surface area contributed by atoms with Crippen molar-refractivity contribution in [1.82, 2.24) is 15.2 Å². The Bertz CT molecular complexity index is 1150. The summed E-state index contributed by atoms with van der Waals surface area (Å²) in [7, 11) is 0. The molecule has 3 rings (SSSR count). The second-order valence-corrected chi connectivity index (χ2v) is 9.97. The number of rotatable bonds is 11. The number of hydrogen-bond donors (Lipinski definition) is 2. The van der Waals surface area contributed by atoms with E-state index in [0.717, 1.165) is 5.56 Å². The highest BCUT2D eigenvalue weighted by molar-refractivity contribution is 7.13. The number of hydrogen-bond acceptors (Lipinski definition) is 5. The van der Waals surface area contributed by atoms with Crippen LogP contribution in [0.1, 0.15) is 57.2 Å². The van der Waals surface area contributed by atoms with E-state index < -0.39 is 17.4 Å². The molecule has 0 aliphatic rings. The molecule has 2 N–H and O–H groups in total. The Hall–Kier alpha value is -3.59. The molecule has 3 aromatic rings. The minimum Gasteiger partial charge on any atom is -0.349 e. The lowest BCUT2D eigenvalue weighted by Gasteiger charge is -2.34. The summed E-state index contributed by atoms with van der Waals surface area (Å²) in [4.78, 5) is 45.0. The van der Waals surface area contributed by atoms with Gasteiger partial charge in [0.1, 0.15) is 11.9 Å². The summed E-state index contributed by atoms with van der Waals surface area (Å²) in [5.41, 5.74) is 0.801. The molecule has 2 aromatic carbocycles. The summed E-state index contributed by atoms with van der Waals surface area (Å²) in [6.07, 6.45) is 2.09. The first-order valence-corrected chi connectivity index (χ1v) is 12.7. The van der Waals surface area contributed by atoms with E-state index in [9.17, 15) is 18.8 Å². The average molecular weight is 511 g/mol.